The molecule has 2 aliphatic rings. The standard InChI is InChI=1S/C22H16IN3O3/c1-25-20-17(21(28)26(2)22(25)29)15(11-7-9-12(23)10-8-11)16-18(24-20)13-5-3-4-6-14(13)19(16)27/h3-10,15-16H,1-2H3/t15-,16+/m1/s1. The van der Waals surface area contributed by atoms with Crippen LogP contribution in [-0.2, 0) is 14.1 Å². The van der Waals surface area contributed by atoms with E-state index in [0.29, 0.717) is 22.7 Å². The van der Waals surface area contributed by atoms with Gasteiger partial charge < -0.3 is 0 Å². The molecule has 7 heteroatoms. The molecule has 3 aromatic rings. The van der Waals surface area contributed by atoms with Gasteiger partial charge in [-0.2, -0.15) is 0 Å². The number of carbonyl (C=O) groups excluding carboxylic acids is 1. The van der Waals surface area contributed by atoms with E-state index < -0.39 is 23.1 Å². The largest absolute Gasteiger partial charge is 0.332 e. The summed E-state index contributed by atoms with van der Waals surface area (Å²) >= 11 is 2.22. The van der Waals surface area contributed by atoms with Gasteiger partial charge >= 0.3 is 5.69 Å². The van der Waals surface area contributed by atoms with Gasteiger partial charge in [-0.25, -0.2) is 9.79 Å². The van der Waals surface area contributed by atoms with Crippen molar-refractivity contribution in [3.63, 3.8) is 0 Å². The van der Waals surface area contributed by atoms with Crippen LogP contribution in [0.5, 0.6) is 0 Å². The van der Waals surface area contributed by atoms with Crippen molar-refractivity contribution in [2.45, 2.75) is 5.92 Å². The lowest BCUT2D eigenvalue weighted by atomic mass is 9.76. The number of benzene rings is 2. The molecule has 0 fully saturated rings. The second kappa shape index (κ2) is 6.35. The number of aliphatic imine (C=N–C) groups is 1. The topological polar surface area (TPSA) is 73.4 Å². The van der Waals surface area contributed by atoms with Crippen LogP contribution in [-0.4, -0.2) is 20.6 Å². The van der Waals surface area contributed by atoms with Crippen molar-refractivity contribution >= 4 is 39.9 Å². The number of nitrogens with zero attached hydrogens (tertiary/aromatic N) is 3. The SMILES string of the molecule is Cn1c2c(c(=O)n(C)c1=O)[C@H](c1ccc(I)cc1)[C@@H]1C(=O)c3ccccc3C1=N2. The number of hydrogen-bond donors (Lipinski definition) is 0. The summed E-state index contributed by atoms with van der Waals surface area (Å²) in [7, 11) is 3.07. The van der Waals surface area contributed by atoms with E-state index in [2.05, 4.69) is 22.6 Å². The Morgan fingerprint density at radius 2 is 1.52 bits per heavy atom. The van der Waals surface area contributed by atoms with Crippen LogP contribution >= 0.6 is 22.6 Å². The second-order valence-corrected chi connectivity index (χ2v) is 8.60. The average molecular weight is 497 g/mol. The van der Waals surface area contributed by atoms with E-state index in [1.165, 1.54) is 11.6 Å². The van der Waals surface area contributed by atoms with Gasteiger partial charge in [-0.05, 0) is 40.3 Å². The third kappa shape index (κ3) is 2.46. The van der Waals surface area contributed by atoms with Crippen LogP contribution in [0.3, 0.4) is 0 Å². The van der Waals surface area contributed by atoms with E-state index in [1.54, 1.807) is 13.1 Å². The molecule has 1 aliphatic heterocycles. The average Bonchev–Trinajstić information content (AvgIpc) is 3.02. The van der Waals surface area contributed by atoms with Crippen molar-refractivity contribution in [2.24, 2.45) is 25.0 Å². The van der Waals surface area contributed by atoms with Gasteiger partial charge in [0, 0.05) is 34.7 Å². The number of rotatable bonds is 1. The van der Waals surface area contributed by atoms with E-state index in [1.807, 2.05) is 42.5 Å². The molecular weight excluding hydrogens is 481 g/mol. The summed E-state index contributed by atoms with van der Waals surface area (Å²) in [6, 6.07) is 15.2. The van der Waals surface area contributed by atoms with Crippen LogP contribution in [0.2, 0.25) is 0 Å². The maximum atomic E-state index is 13.4. The van der Waals surface area contributed by atoms with Crippen LogP contribution in [0.1, 0.15) is 33.0 Å². The number of carbonyl (C=O) groups is 1. The van der Waals surface area contributed by atoms with Gasteiger partial charge in [0.2, 0.25) is 0 Å². The smallest absolute Gasteiger partial charge is 0.293 e. The Hall–Kier alpha value is -2.81. The van der Waals surface area contributed by atoms with Gasteiger partial charge in [0.05, 0.1) is 17.2 Å². The lowest BCUT2D eigenvalue weighted by Gasteiger charge is -2.29. The van der Waals surface area contributed by atoms with Crippen molar-refractivity contribution in [2.75, 3.05) is 0 Å². The summed E-state index contributed by atoms with van der Waals surface area (Å²) in [5.74, 6) is -0.785. The van der Waals surface area contributed by atoms with Gasteiger partial charge in [-0.3, -0.25) is 18.7 Å². The molecule has 0 saturated carbocycles. The summed E-state index contributed by atoms with van der Waals surface area (Å²) in [4.78, 5) is 43.8. The molecule has 2 aromatic carbocycles. The van der Waals surface area contributed by atoms with Crippen LogP contribution in [0.25, 0.3) is 0 Å². The lowest BCUT2D eigenvalue weighted by molar-refractivity contribution is 0.0953. The maximum Gasteiger partial charge on any atom is 0.332 e. The lowest BCUT2D eigenvalue weighted by Crippen LogP contribution is -2.43. The Morgan fingerprint density at radius 3 is 2.21 bits per heavy atom. The number of aromatic nitrogens is 2. The molecule has 0 N–H and O–H groups in total. The molecule has 0 spiro atoms. The number of hydrogen-bond acceptors (Lipinski definition) is 4. The highest BCUT2D eigenvalue weighted by molar-refractivity contribution is 14.1. The van der Waals surface area contributed by atoms with Crippen molar-refractivity contribution in [1.29, 1.82) is 0 Å². The Labute approximate surface area is 179 Å². The maximum absolute atomic E-state index is 13.4. The van der Waals surface area contributed by atoms with Gasteiger partial charge in [0.1, 0.15) is 5.82 Å². The molecule has 29 heavy (non-hydrogen) atoms. The molecule has 144 valence electrons. The third-order valence-electron chi connectivity index (χ3n) is 5.81. The zero-order valence-electron chi connectivity index (χ0n) is 15.7. The molecule has 1 aliphatic carbocycles. The second-order valence-electron chi connectivity index (χ2n) is 7.36. The van der Waals surface area contributed by atoms with E-state index in [0.717, 1.165) is 19.3 Å². The van der Waals surface area contributed by atoms with E-state index in [-0.39, 0.29) is 5.78 Å². The first-order chi connectivity index (χ1) is 13.9. The van der Waals surface area contributed by atoms with E-state index in [9.17, 15) is 14.4 Å². The highest BCUT2D eigenvalue weighted by atomic mass is 127. The molecule has 5 rings (SSSR count). The minimum atomic E-state index is -0.579. The third-order valence-corrected chi connectivity index (χ3v) is 6.53. The van der Waals surface area contributed by atoms with Gasteiger partial charge in [-0.1, -0.05) is 36.4 Å². The molecule has 1 aromatic heterocycles. The molecule has 6 nitrogen and oxygen atoms in total. The summed E-state index contributed by atoms with van der Waals surface area (Å²) < 4.78 is 3.54. The summed E-state index contributed by atoms with van der Waals surface area (Å²) in [5, 5.41) is 0. The molecule has 2 atom stereocenters. The van der Waals surface area contributed by atoms with Gasteiger partial charge in [0.15, 0.2) is 5.78 Å². The summed E-state index contributed by atoms with van der Waals surface area (Å²) in [6.45, 7) is 0. The highest BCUT2D eigenvalue weighted by Crippen LogP contribution is 2.46. The van der Waals surface area contributed by atoms with Crippen LogP contribution in [0, 0.1) is 9.49 Å². The summed E-state index contributed by atoms with van der Waals surface area (Å²) in [5.41, 5.74) is 2.43. The zero-order chi connectivity index (χ0) is 20.4. The van der Waals surface area contributed by atoms with Gasteiger partial charge in [-0.15, -0.1) is 0 Å². The van der Waals surface area contributed by atoms with Crippen molar-refractivity contribution in [3.05, 3.63) is 95.2 Å². The first kappa shape index (κ1) is 18.2. The number of halogens is 1. The fourth-order valence-electron chi connectivity index (χ4n) is 4.40. The minimum Gasteiger partial charge on any atom is -0.293 e. The van der Waals surface area contributed by atoms with Crippen molar-refractivity contribution in [3.8, 4) is 0 Å². The monoisotopic (exact) mass is 497 g/mol. The van der Waals surface area contributed by atoms with Crippen LogP contribution < -0.4 is 11.2 Å². The predicted molar refractivity (Wildman–Crippen MR) is 118 cm³/mol. The zero-order valence-corrected chi connectivity index (χ0v) is 17.9. The molecule has 0 radical (unpaired) electrons. The van der Waals surface area contributed by atoms with Crippen LogP contribution in [0.15, 0.2) is 63.1 Å². The number of fused-ring (bicyclic) bond motifs is 4. The Balaban J connectivity index is 1.90. The van der Waals surface area contributed by atoms with Gasteiger partial charge in [0.25, 0.3) is 5.56 Å². The molecule has 0 bridgehead atoms. The molecule has 0 amide bonds. The Morgan fingerprint density at radius 1 is 0.862 bits per heavy atom. The summed E-state index contributed by atoms with van der Waals surface area (Å²) in [6.07, 6.45) is 0. The van der Waals surface area contributed by atoms with E-state index >= 15 is 0 Å². The molecule has 0 unspecified atom stereocenters. The highest BCUT2D eigenvalue weighted by Gasteiger charge is 2.47. The minimum absolute atomic E-state index is 0.0375. The molecule has 2 heterocycles. The van der Waals surface area contributed by atoms with Crippen molar-refractivity contribution < 1.29 is 4.79 Å². The fourth-order valence-corrected chi connectivity index (χ4v) is 4.76. The number of ketones is 1. The molecule has 0 saturated heterocycles. The Kier molecular flexibility index (Phi) is 3.99. The Bertz CT molecular complexity index is 1350. The quantitative estimate of drug-likeness (QED) is 0.486. The van der Waals surface area contributed by atoms with Crippen molar-refractivity contribution in [1.82, 2.24) is 9.13 Å². The predicted octanol–water partition coefficient (Wildman–Crippen LogP) is 2.77. The fraction of sp³-hybridized carbons (Fsp3) is 0.182. The first-order valence-corrected chi connectivity index (χ1v) is 10.3. The first-order valence-electron chi connectivity index (χ1n) is 9.17. The molecular formula is C22H16IN3O3. The number of Topliss-reactive ketones (excluding diaryl/α,β-unsaturated/α-hetero) is 1. The van der Waals surface area contributed by atoms with Crippen LogP contribution in [0.4, 0.5) is 5.82 Å². The normalized spacial score (nSPS) is 19.4. The van der Waals surface area contributed by atoms with E-state index in [4.69, 9.17) is 4.99 Å².